The molecule has 0 bridgehead atoms. The summed E-state index contributed by atoms with van der Waals surface area (Å²) >= 11 is 0. The van der Waals surface area contributed by atoms with Crippen LogP contribution in [0, 0.1) is 13.8 Å². The Morgan fingerprint density at radius 1 is 1.05 bits per heavy atom. The molecule has 0 radical (unpaired) electrons. The standard InChI is InChI=1S/C18H21NO/c1-12-13(2)17(18(20)14(3)19)10-9-16(12)11-15-7-5-4-6-8-15/h4-10,14H,11,19H2,1-3H3. The summed E-state index contributed by atoms with van der Waals surface area (Å²) in [7, 11) is 0. The van der Waals surface area contributed by atoms with Crippen LogP contribution in [-0.2, 0) is 6.42 Å². The molecule has 0 spiro atoms. The van der Waals surface area contributed by atoms with E-state index in [9.17, 15) is 4.79 Å². The third-order valence-electron chi connectivity index (χ3n) is 3.82. The zero-order valence-electron chi connectivity index (χ0n) is 12.3. The zero-order chi connectivity index (χ0) is 14.7. The van der Waals surface area contributed by atoms with Crippen LogP contribution in [0.15, 0.2) is 42.5 Å². The highest BCUT2D eigenvalue weighted by Gasteiger charge is 2.15. The fraction of sp³-hybridized carbons (Fsp3) is 0.278. The van der Waals surface area contributed by atoms with Gasteiger partial charge in [0.1, 0.15) is 0 Å². The highest BCUT2D eigenvalue weighted by Crippen LogP contribution is 2.21. The monoisotopic (exact) mass is 267 g/mol. The second kappa shape index (κ2) is 6.02. The maximum atomic E-state index is 12.1. The lowest BCUT2D eigenvalue weighted by atomic mass is 9.91. The van der Waals surface area contributed by atoms with Gasteiger partial charge in [-0.1, -0.05) is 42.5 Å². The Bertz CT molecular complexity index is 615. The van der Waals surface area contributed by atoms with Gasteiger partial charge in [0.05, 0.1) is 6.04 Å². The van der Waals surface area contributed by atoms with E-state index in [1.807, 2.05) is 37.3 Å². The third kappa shape index (κ3) is 2.97. The van der Waals surface area contributed by atoms with E-state index in [-0.39, 0.29) is 5.78 Å². The number of carbonyl (C=O) groups excluding carboxylic acids is 1. The van der Waals surface area contributed by atoms with Crippen molar-refractivity contribution in [3.63, 3.8) is 0 Å². The molecule has 2 rings (SSSR count). The van der Waals surface area contributed by atoms with Crippen LogP contribution in [0.5, 0.6) is 0 Å². The van der Waals surface area contributed by atoms with Crippen LogP contribution in [0.25, 0.3) is 0 Å². The Morgan fingerprint density at radius 2 is 1.70 bits per heavy atom. The molecule has 2 aromatic rings. The average Bonchev–Trinajstić information content (AvgIpc) is 2.44. The van der Waals surface area contributed by atoms with Crippen LogP contribution >= 0.6 is 0 Å². The zero-order valence-corrected chi connectivity index (χ0v) is 12.3. The summed E-state index contributed by atoms with van der Waals surface area (Å²) in [6.45, 7) is 5.81. The highest BCUT2D eigenvalue weighted by molar-refractivity contribution is 6.01. The first-order chi connectivity index (χ1) is 9.50. The van der Waals surface area contributed by atoms with Crippen LogP contribution in [0.2, 0.25) is 0 Å². The second-order valence-electron chi connectivity index (χ2n) is 5.34. The molecule has 0 heterocycles. The van der Waals surface area contributed by atoms with Crippen molar-refractivity contribution in [2.24, 2.45) is 5.73 Å². The average molecular weight is 267 g/mol. The number of hydrogen-bond acceptors (Lipinski definition) is 2. The number of ketones is 1. The van der Waals surface area contributed by atoms with Gasteiger partial charge in [0.25, 0.3) is 0 Å². The van der Waals surface area contributed by atoms with Crippen molar-refractivity contribution in [3.8, 4) is 0 Å². The van der Waals surface area contributed by atoms with Crippen LogP contribution in [0.4, 0.5) is 0 Å². The van der Waals surface area contributed by atoms with E-state index in [0.29, 0.717) is 0 Å². The minimum Gasteiger partial charge on any atom is -0.321 e. The fourth-order valence-electron chi connectivity index (χ4n) is 2.40. The molecule has 0 aromatic heterocycles. The molecule has 0 aliphatic carbocycles. The minimum atomic E-state index is -0.451. The summed E-state index contributed by atoms with van der Waals surface area (Å²) in [5, 5.41) is 0. The van der Waals surface area contributed by atoms with Crippen molar-refractivity contribution in [1.82, 2.24) is 0 Å². The molecule has 2 N–H and O–H groups in total. The first-order valence-electron chi connectivity index (χ1n) is 6.93. The van der Waals surface area contributed by atoms with Crippen molar-refractivity contribution in [3.05, 3.63) is 70.3 Å². The van der Waals surface area contributed by atoms with Gasteiger partial charge in [0.2, 0.25) is 0 Å². The maximum Gasteiger partial charge on any atom is 0.179 e. The highest BCUT2D eigenvalue weighted by atomic mass is 16.1. The quantitative estimate of drug-likeness (QED) is 0.862. The Balaban J connectivity index is 2.34. The lowest BCUT2D eigenvalue weighted by molar-refractivity contribution is 0.0967. The van der Waals surface area contributed by atoms with Crippen LogP contribution in [0.1, 0.15) is 39.5 Å². The van der Waals surface area contributed by atoms with Gasteiger partial charge in [-0.3, -0.25) is 4.79 Å². The predicted molar refractivity (Wildman–Crippen MR) is 83.1 cm³/mol. The molecule has 2 nitrogen and oxygen atoms in total. The van der Waals surface area contributed by atoms with Gasteiger partial charge >= 0.3 is 0 Å². The molecule has 0 saturated carbocycles. The van der Waals surface area contributed by atoms with Crippen molar-refractivity contribution in [1.29, 1.82) is 0 Å². The van der Waals surface area contributed by atoms with E-state index in [4.69, 9.17) is 5.73 Å². The molecule has 0 aliphatic rings. The Labute approximate surface area is 120 Å². The molecular weight excluding hydrogens is 246 g/mol. The number of Topliss-reactive ketones (excluding diaryl/α,β-unsaturated/α-hetero) is 1. The van der Waals surface area contributed by atoms with Gasteiger partial charge in [-0.15, -0.1) is 0 Å². The molecule has 0 saturated heterocycles. The van der Waals surface area contributed by atoms with E-state index in [1.165, 1.54) is 16.7 Å². The van der Waals surface area contributed by atoms with Crippen molar-refractivity contribution < 1.29 is 4.79 Å². The predicted octanol–water partition coefficient (Wildman–Crippen LogP) is 3.42. The van der Waals surface area contributed by atoms with E-state index in [1.54, 1.807) is 6.92 Å². The van der Waals surface area contributed by atoms with Gasteiger partial charge in [-0.05, 0) is 49.4 Å². The summed E-state index contributed by atoms with van der Waals surface area (Å²) in [4.78, 5) is 12.1. The smallest absolute Gasteiger partial charge is 0.179 e. The Morgan fingerprint density at radius 3 is 2.30 bits per heavy atom. The second-order valence-corrected chi connectivity index (χ2v) is 5.34. The lowest BCUT2D eigenvalue weighted by Gasteiger charge is -2.14. The number of carbonyl (C=O) groups is 1. The van der Waals surface area contributed by atoms with Crippen molar-refractivity contribution in [2.45, 2.75) is 33.2 Å². The van der Waals surface area contributed by atoms with E-state index < -0.39 is 6.04 Å². The first-order valence-corrected chi connectivity index (χ1v) is 6.93. The van der Waals surface area contributed by atoms with Crippen LogP contribution in [0.3, 0.4) is 0 Å². The summed E-state index contributed by atoms with van der Waals surface area (Å²) in [5.74, 6) is 0.0110. The normalized spacial score (nSPS) is 12.2. The fourth-order valence-corrected chi connectivity index (χ4v) is 2.40. The minimum absolute atomic E-state index is 0.0110. The van der Waals surface area contributed by atoms with Gasteiger partial charge in [-0.25, -0.2) is 0 Å². The van der Waals surface area contributed by atoms with Gasteiger partial charge in [-0.2, -0.15) is 0 Å². The van der Waals surface area contributed by atoms with E-state index in [2.05, 4.69) is 19.1 Å². The van der Waals surface area contributed by atoms with Crippen LogP contribution in [-0.4, -0.2) is 11.8 Å². The summed E-state index contributed by atoms with van der Waals surface area (Å²) in [6.07, 6.45) is 0.889. The summed E-state index contributed by atoms with van der Waals surface area (Å²) < 4.78 is 0. The molecular formula is C18H21NO. The SMILES string of the molecule is Cc1c(Cc2ccccc2)ccc(C(=O)C(C)N)c1C. The largest absolute Gasteiger partial charge is 0.321 e. The molecule has 104 valence electrons. The van der Waals surface area contributed by atoms with Crippen molar-refractivity contribution in [2.75, 3.05) is 0 Å². The molecule has 1 unspecified atom stereocenters. The van der Waals surface area contributed by atoms with Crippen molar-refractivity contribution >= 4 is 5.78 Å². The van der Waals surface area contributed by atoms with Gasteiger partial charge in [0, 0.05) is 5.56 Å². The topological polar surface area (TPSA) is 43.1 Å². The van der Waals surface area contributed by atoms with Gasteiger partial charge in [0.15, 0.2) is 5.78 Å². The summed E-state index contributed by atoms with van der Waals surface area (Å²) in [6, 6.07) is 13.9. The molecule has 20 heavy (non-hydrogen) atoms. The lowest BCUT2D eigenvalue weighted by Crippen LogP contribution is -2.27. The number of benzene rings is 2. The molecule has 0 fully saturated rings. The molecule has 0 aliphatic heterocycles. The molecule has 2 aromatic carbocycles. The third-order valence-corrected chi connectivity index (χ3v) is 3.82. The Hall–Kier alpha value is -1.93. The number of hydrogen-bond donors (Lipinski definition) is 1. The molecule has 2 heteroatoms. The number of nitrogens with two attached hydrogens (primary N) is 1. The Kier molecular flexibility index (Phi) is 4.35. The van der Waals surface area contributed by atoms with E-state index >= 15 is 0 Å². The summed E-state index contributed by atoms with van der Waals surface area (Å²) in [5.41, 5.74) is 11.2. The van der Waals surface area contributed by atoms with Crippen LogP contribution < -0.4 is 5.73 Å². The first kappa shape index (κ1) is 14.5. The number of rotatable bonds is 4. The van der Waals surface area contributed by atoms with E-state index in [0.717, 1.165) is 17.5 Å². The molecule has 1 atom stereocenters. The maximum absolute atomic E-state index is 12.1. The molecule has 0 amide bonds. The van der Waals surface area contributed by atoms with Gasteiger partial charge < -0.3 is 5.73 Å².